The molecule has 454 valence electrons. The summed E-state index contributed by atoms with van der Waals surface area (Å²) in [7, 11) is 1.81. The van der Waals surface area contributed by atoms with Crippen LogP contribution in [0.5, 0.6) is 0 Å². The molecule has 0 unspecified atom stereocenters. The number of likely N-dealkylation sites (N-methyl/N-ethyl adjacent to an activating group) is 1. The number of allylic oxidation sites excluding steroid dienone is 2. The molecule has 0 spiro atoms. The van der Waals surface area contributed by atoms with E-state index in [1.807, 2.05) is 25.8 Å². The van der Waals surface area contributed by atoms with E-state index in [1.165, 1.54) is 87.1 Å². The van der Waals surface area contributed by atoms with Crippen LogP contribution in [0.15, 0.2) is 12.2 Å². The fourth-order valence-electron chi connectivity index (χ4n) is 9.35. The summed E-state index contributed by atoms with van der Waals surface area (Å²) in [5, 5.41) is 31.7. The first kappa shape index (κ1) is 72.1. The van der Waals surface area contributed by atoms with Crippen LogP contribution in [0.2, 0.25) is 0 Å². The fraction of sp³-hybridized carbons (Fsp3) is 0.814. The molecule has 20 nitrogen and oxygen atoms in total. The van der Waals surface area contributed by atoms with Crippen molar-refractivity contribution in [2.24, 2.45) is 23.7 Å². The van der Waals surface area contributed by atoms with Gasteiger partial charge in [-0.05, 0) is 138 Å². The van der Waals surface area contributed by atoms with Crippen molar-refractivity contribution >= 4 is 53.0 Å². The van der Waals surface area contributed by atoms with Crippen LogP contribution in [0, 0.1) is 23.7 Å². The molecular weight excluding hydrogens is 1010 g/mol. The Morgan fingerprint density at radius 1 is 0.646 bits per heavy atom. The molecular formula is C59H108N10O10. The Labute approximate surface area is 474 Å². The summed E-state index contributed by atoms with van der Waals surface area (Å²) in [5.74, 6) is -5.40. The largest absolute Gasteiger partial charge is 0.395 e. The van der Waals surface area contributed by atoms with Gasteiger partial charge in [0.2, 0.25) is 47.3 Å². The molecule has 0 aromatic carbocycles. The van der Waals surface area contributed by atoms with E-state index in [-0.39, 0.29) is 36.7 Å². The Kier molecular flexibility index (Phi) is 30.8. The lowest BCUT2D eigenvalue weighted by atomic mass is 9.93. The molecule has 8 atom stereocenters. The van der Waals surface area contributed by atoms with Crippen LogP contribution in [0.25, 0.3) is 0 Å². The van der Waals surface area contributed by atoms with Crippen molar-refractivity contribution in [1.82, 2.24) is 52.3 Å². The summed E-state index contributed by atoms with van der Waals surface area (Å²) in [6, 6.07) is -4.07. The van der Waals surface area contributed by atoms with Crippen molar-refractivity contribution in [2.45, 2.75) is 247 Å². The van der Waals surface area contributed by atoms with E-state index in [0.29, 0.717) is 44.7 Å². The van der Waals surface area contributed by atoms with Gasteiger partial charge in [-0.2, -0.15) is 0 Å². The number of aliphatic hydroxyl groups is 1. The van der Waals surface area contributed by atoms with E-state index in [0.717, 1.165) is 32.4 Å². The number of ketones is 1. The van der Waals surface area contributed by atoms with Gasteiger partial charge >= 0.3 is 0 Å². The second-order valence-electron chi connectivity index (χ2n) is 25.1. The van der Waals surface area contributed by atoms with Crippen molar-refractivity contribution in [3.63, 3.8) is 0 Å². The summed E-state index contributed by atoms with van der Waals surface area (Å²) in [4.78, 5) is 128. The highest BCUT2D eigenvalue weighted by Gasteiger charge is 2.43. The summed E-state index contributed by atoms with van der Waals surface area (Å²) < 4.78 is 0. The first-order valence-corrected chi connectivity index (χ1v) is 29.3. The minimum atomic E-state index is -1.64. The number of aliphatic hydroxyl groups excluding tert-OH is 1. The number of unbranched alkanes of at least 4 members (excludes halogenated alkanes) is 4. The molecule has 1 heterocycles. The number of likely N-dealkylation sites (tertiary alicyclic amines) is 1. The summed E-state index contributed by atoms with van der Waals surface area (Å²) in [6.45, 7) is 31.3. The molecule has 0 saturated carbocycles. The molecule has 0 aromatic rings. The molecule has 1 rings (SSSR count). The molecule has 1 saturated heterocycles. The number of nitrogens with zero attached hydrogens (tertiary/aromatic N) is 2. The zero-order valence-corrected chi connectivity index (χ0v) is 51.9. The first-order valence-electron chi connectivity index (χ1n) is 29.3. The van der Waals surface area contributed by atoms with Crippen LogP contribution in [0.3, 0.4) is 0 Å². The van der Waals surface area contributed by atoms with Gasteiger partial charge in [-0.25, -0.2) is 0 Å². The third-order valence-corrected chi connectivity index (χ3v) is 14.9. The van der Waals surface area contributed by atoms with Crippen LogP contribution in [-0.2, 0) is 43.2 Å². The summed E-state index contributed by atoms with van der Waals surface area (Å²) >= 11 is 0. The second kappa shape index (κ2) is 33.7. The number of rotatable bonds is 37. The van der Waals surface area contributed by atoms with Crippen molar-refractivity contribution in [1.29, 1.82) is 0 Å². The fourth-order valence-corrected chi connectivity index (χ4v) is 9.35. The normalized spacial score (nSPS) is 17.2. The van der Waals surface area contributed by atoms with Crippen molar-refractivity contribution in [3.05, 3.63) is 12.2 Å². The molecule has 20 heteroatoms. The molecule has 1 fully saturated rings. The van der Waals surface area contributed by atoms with E-state index < -0.39 is 99.5 Å². The maximum absolute atomic E-state index is 14.3. The average molecular weight is 1120 g/mol. The van der Waals surface area contributed by atoms with Gasteiger partial charge in [-0.3, -0.25) is 48.1 Å². The van der Waals surface area contributed by atoms with E-state index in [9.17, 15) is 48.3 Å². The highest BCUT2D eigenvalue weighted by molar-refractivity contribution is 6.00. The van der Waals surface area contributed by atoms with Gasteiger partial charge in [0, 0.05) is 32.1 Å². The lowest BCUT2D eigenvalue weighted by Gasteiger charge is -2.35. The minimum Gasteiger partial charge on any atom is -0.395 e. The zero-order chi connectivity index (χ0) is 60.6. The Balaban J connectivity index is 3.24. The smallest absolute Gasteiger partial charge is 0.246 e. The number of carbonyl (C=O) groups is 9. The van der Waals surface area contributed by atoms with E-state index in [1.54, 1.807) is 40.7 Å². The molecule has 0 radical (unpaired) electrons. The molecule has 1 aliphatic heterocycles. The standard InChI is InChI=1S/C59H108N10O10/c1-19-22-23-24-25-28-40(7)36-69-32-27-31-45(69)49(73)61-44(35-39(6)29-26-30-43(71)21-3)48(72)64-58(14,15)54(78)67-57(12,13)53(77)63-47(41(8)20-2)50(74)62-46(38(4)5)51(75)65-59(16,17)55(79)66-56(10,11)52(76)60-42(9)37-68(18)33-34-70/h26,30,38-42,44-47,70H,19-25,27-29,31-37H2,1-18H3,(H,60,76)(H,61,73)(H,62,74)(H,63,77)(H,64,72)(H,65,75)(H,66,79)(H,67,78)/b30-26+/t39-,40-,41-,42-,44-,45-,46-,47-/m0/s1. The first-order chi connectivity index (χ1) is 36.6. The Morgan fingerprint density at radius 3 is 1.72 bits per heavy atom. The van der Waals surface area contributed by atoms with Crippen LogP contribution in [0.1, 0.15) is 195 Å². The van der Waals surface area contributed by atoms with Gasteiger partial charge in [0.15, 0.2) is 5.78 Å². The van der Waals surface area contributed by atoms with Crippen molar-refractivity contribution in [2.75, 3.05) is 39.8 Å². The van der Waals surface area contributed by atoms with Crippen LogP contribution >= 0.6 is 0 Å². The molecule has 9 N–H and O–H groups in total. The number of amides is 8. The van der Waals surface area contributed by atoms with Gasteiger partial charge in [-0.1, -0.05) is 100.0 Å². The van der Waals surface area contributed by atoms with Gasteiger partial charge in [0.1, 0.15) is 40.3 Å². The highest BCUT2D eigenvalue weighted by Crippen LogP contribution is 2.23. The summed E-state index contributed by atoms with van der Waals surface area (Å²) in [5.41, 5.74) is -6.18. The Hall–Kier alpha value is -4.95. The number of carbonyl (C=O) groups excluding carboxylic acids is 9. The number of hydrogen-bond donors (Lipinski definition) is 9. The molecule has 8 amide bonds. The maximum Gasteiger partial charge on any atom is 0.246 e. The van der Waals surface area contributed by atoms with Gasteiger partial charge in [0.05, 0.1) is 12.6 Å². The van der Waals surface area contributed by atoms with E-state index in [4.69, 9.17) is 0 Å². The highest BCUT2D eigenvalue weighted by atomic mass is 16.3. The van der Waals surface area contributed by atoms with Crippen molar-refractivity contribution < 1.29 is 48.3 Å². The maximum atomic E-state index is 14.3. The Morgan fingerprint density at radius 2 is 1.19 bits per heavy atom. The summed E-state index contributed by atoms with van der Waals surface area (Å²) in [6.07, 6.45) is 13.4. The number of hydrogen-bond acceptors (Lipinski definition) is 12. The van der Waals surface area contributed by atoms with Gasteiger partial charge in [-0.15, -0.1) is 0 Å². The lowest BCUT2D eigenvalue weighted by molar-refractivity contribution is -0.140. The third-order valence-electron chi connectivity index (χ3n) is 14.9. The van der Waals surface area contributed by atoms with Gasteiger partial charge < -0.3 is 52.5 Å². The average Bonchev–Trinajstić information content (AvgIpc) is 3.81. The van der Waals surface area contributed by atoms with Crippen LogP contribution in [0.4, 0.5) is 0 Å². The van der Waals surface area contributed by atoms with Gasteiger partial charge in [0.25, 0.3) is 0 Å². The topological polar surface area (TPSA) is 277 Å². The van der Waals surface area contributed by atoms with Crippen LogP contribution < -0.4 is 42.5 Å². The molecule has 0 aliphatic carbocycles. The quantitative estimate of drug-likeness (QED) is 0.0306. The molecule has 1 aliphatic rings. The Bertz CT molecular complexity index is 2040. The van der Waals surface area contributed by atoms with E-state index >= 15 is 0 Å². The SMILES string of the molecule is CCCCCCC[C@H](C)CN1CCC[C@H]1C(=O)N[C@@H](C[C@@H](C)C/C=C/C(=O)CC)C(=O)NC(C)(C)C(=O)NC(C)(C)C(=O)N[C@H](C(=O)N[C@H](C(=O)NC(C)(C)C(=O)NC(C)(C)C(=O)N[C@@H](C)CN(C)CCO)C(C)C)[C@@H](C)CC. The van der Waals surface area contributed by atoms with Crippen LogP contribution in [-0.4, -0.2) is 160 Å². The molecule has 0 bridgehead atoms. The lowest BCUT2D eigenvalue weighted by Crippen LogP contribution is -2.67. The van der Waals surface area contributed by atoms with E-state index in [2.05, 4.69) is 61.3 Å². The monoisotopic (exact) mass is 1120 g/mol. The second-order valence-corrected chi connectivity index (χ2v) is 25.1. The molecule has 0 aromatic heterocycles. The number of nitrogens with one attached hydrogen (secondary N) is 8. The predicted octanol–water partition coefficient (Wildman–Crippen LogP) is 4.56. The zero-order valence-electron chi connectivity index (χ0n) is 51.9. The molecule has 79 heavy (non-hydrogen) atoms. The minimum absolute atomic E-state index is 0.0186. The third kappa shape index (κ3) is 25.2. The predicted molar refractivity (Wildman–Crippen MR) is 311 cm³/mol. The van der Waals surface area contributed by atoms with Crippen molar-refractivity contribution in [3.8, 4) is 0 Å².